The highest BCUT2D eigenvalue weighted by atomic mass is 127. The maximum Gasteiger partial charge on any atom is 0.191 e. The van der Waals surface area contributed by atoms with Crippen molar-refractivity contribution in [2.24, 2.45) is 4.99 Å². The zero-order valence-corrected chi connectivity index (χ0v) is 19.7. The summed E-state index contributed by atoms with van der Waals surface area (Å²) in [5.41, 5.74) is 0.998. The molecule has 1 unspecified atom stereocenters. The molecule has 0 spiro atoms. The molecule has 0 aliphatic carbocycles. The van der Waals surface area contributed by atoms with Crippen molar-refractivity contribution in [3.05, 3.63) is 41.4 Å². The van der Waals surface area contributed by atoms with Gasteiger partial charge in [0, 0.05) is 42.7 Å². The summed E-state index contributed by atoms with van der Waals surface area (Å²) in [6, 6.07) is 10.5. The SMILES string of the molecule is CCNC(=NCc1csc(N(C)C)n1)NCC(C)Sc1ccccc1.I. The summed E-state index contributed by atoms with van der Waals surface area (Å²) >= 11 is 3.51. The van der Waals surface area contributed by atoms with Crippen LogP contribution in [0.4, 0.5) is 5.13 Å². The Balaban J connectivity index is 0.00000338. The number of thioether (sulfide) groups is 1. The smallest absolute Gasteiger partial charge is 0.191 e. The lowest BCUT2D eigenvalue weighted by atomic mass is 10.4. The first kappa shape index (κ1) is 23.0. The number of rotatable bonds is 8. The van der Waals surface area contributed by atoms with E-state index in [1.165, 1.54) is 4.90 Å². The van der Waals surface area contributed by atoms with Crippen LogP contribution >= 0.6 is 47.1 Å². The molecule has 1 aromatic carbocycles. The fourth-order valence-electron chi connectivity index (χ4n) is 2.09. The van der Waals surface area contributed by atoms with E-state index in [9.17, 15) is 0 Å². The molecule has 0 bridgehead atoms. The monoisotopic (exact) mass is 505 g/mol. The van der Waals surface area contributed by atoms with E-state index in [0.717, 1.165) is 29.9 Å². The van der Waals surface area contributed by atoms with Gasteiger partial charge in [-0.05, 0) is 19.1 Å². The summed E-state index contributed by atoms with van der Waals surface area (Å²) in [7, 11) is 4.01. The van der Waals surface area contributed by atoms with Crippen molar-refractivity contribution < 1.29 is 0 Å². The van der Waals surface area contributed by atoms with Gasteiger partial charge in [0.25, 0.3) is 0 Å². The Morgan fingerprint density at radius 1 is 1.27 bits per heavy atom. The number of halogens is 1. The Kier molecular flexibility index (Phi) is 11.0. The van der Waals surface area contributed by atoms with Crippen molar-refractivity contribution in [3.8, 4) is 0 Å². The van der Waals surface area contributed by atoms with Crippen molar-refractivity contribution >= 4 is 58.2 Å². The van der Waals surface area contributed by atoms with Gasteiger partial charge < -0.3 is 15.5 Å². The summed E-state index contributed by atoms with van der Waals surface area (Å²) in [6.07, 6.45) is 0. The van der Waals surface area contributed by atoms with E-state index >= 15 is 0 Å². The van der Waals surface area contributed by atoms with Crippen molar-refractivity contribution in [3.63, 3.8) is 0 Å². The number of nitrogens with zero attached hydrogens (tertiary/aromatic N) is 3. The van der Waals surface area contributed by atoms with Gasteiger partial charge in [-0.25, -0.2) is 9.98 Å². The quantitative estimate of drug-likeness (QED) is 0.245. The van der Waals surface area contributed by atoms with Crippen molar-refractivity contribution in [1.82, 2.24) is 15.6 Å². The molecule has 0 saturated heterocycles. The van der Waals surface area contributed by atoms with E-state index in [2.05, 4.69) is 64.1 Å². The molecule has 26 heavy (non-hydrogen) atoms. The average Bonchev–Trinajstić information content (AvgIpc) is 3.07. The fraction of sp³-hybridized carbons (Fsp3) is 0.444. The van der Waals surface area contributed by atoms with Gasteiger partial charge in [-0.1, -0.05) is 25.1 Å². The average molecular weight is 505 g/mol. The highest BCUT2D eigenvalue weighted by Gasteiger charge is 2.07. The minimum Gasteiger partial charge on any atom is -0.357 e. The van der Waals surface area contributed by atoms with Crippen LogP contribution in [0.1, 0.15) is 19.5 Å². The molecule has 5 nitrogen and oxygen atoms in total. The molecule has 0 saturated carbocycles. The molecule has 0 amide bonds. The van der Waals surface area contributed by atoms with Gasteiger partial charge in [0.15, 0.2) is 11.1 Å². The molecule has 1 aromatic heterocycles. The molecule has 1 atom stereocenters. The van der Waals surface area contributed by atoms with E-state index in [1.54, 1.807) is 11.3 Å². The number of aliphatic imine (C=N–C) groups is 1. The van der Waals surface area contributed by atoms with E-state index in [0.29, 0.717) is 11.8 Å². The molecule has 2 rings (SSSR count). The summed E-state index contributed by atoms with van der Waals surface area (Å²) in [4.78, 5) is 12.5. The molecule has 0 aliphatic heterocycles. The van der Waals surface area contributed by atoms with Crippen LogP contribution in [0.25, 0.3) is 0 Å². The maximum atomic E-state index is 4.65. The van der Waals surface area contributed by atoms with Crippen molar-refractivity contribution in [1.29, 1.82) is 0 Å². The Labute approximate surface area is 182 Å². The third-order valence-corrected chi connectivity index (χ3v) is 5.47. The zero-order chi connectivity index (χ0) is 18.1. The van der Waals surface area contributed by atoms with Crippen LogP contribution in [-0.4, -0.2) is 43.4 Å². The highest BCUT2D eigenvalue weighted by Crippen LogP contribution is 2.22. The lowest BCUT2D eigenvalue weighted by Gasteiger charge is -2.15. The van der Waals surface area contributed by atoms with Crippen molar-refractivity contribution in [2.45, 2.75) is 30.5 Å². The first-order valence-electron chi connectivity index (χ1n) is 8.44. The number of hydrogen-bond acceptors (Lipinski definition) is 5. The third kappa shape index (κ3) is 8.13. The second-order valence-electron chi connectivity index (χ2n) is 5.83. The van der Waals surface area contributed by atoms with Crippen LogP contribution < -0.4 is 15.5 Å². The fourth-order valence-corrected chi connectivity index (χ4v) is 3.78. The van der Waals surface area contributed by atoms with E-state index < -0.39 is 0 Å². The second kappa shape index (κ2) is 12.4. The molecule has 2 aromatic rings. The molecule has 1 heterocycles. The van der Waals surface area contributed by atoms with Crippen LogP contribution in [0, 0.1) is 0 Å². The summed E-state index contributed by atoms with van der Waals surface area (Å²) < 4.78 is 0. The maximum absolute atomic E-state index is 4.65. The minimum atomic E-state index is 0. The van der Waals surface area contributed by atoms with Crippen LogP contribution in [0.2, 0.25) is 0 Å². The number of anilines is 1. The first-order chi connectivity index (χ1) is 12.1. The molecule has 0 fully saturated rings. The number of hydrogen-bond donors (Lipinski definition) is 2. The van der Waals surface area contributed by atoms with E-state index in [-0.39, 0.29) is 24.0 Å². The van der Waals surface area contributed by atoms with Gasteiger partial charge in [-0.15, -0.1) is 47.1 Å². The summed E-state index contributed by atoms with van der Waals surface area (Å²) in [6.45, 7) is 6.57. The molecule has 2 N–H and O–H groups in total. The summed E-state index contributed by atoms with van der Waals surface area (Å²) in [5.74, 6) is 0.836. The lowest BCUT2D eigenvalue weighted by Crippen LogP contribution is -2.40. The van der Waals surface area contributed by atoms with Crippen LogP contribution in [0.3, 0.4) is 0 Å². The van der Waals surface area contributed by atoms with Gasteiger partial charge in [0.05, 0.1) is 12.2 Å². The van der Waals surface area contributed by atoms with Gasteiger partial charge in [0.2, 0.25) is 0 Å². The number of benzene rings is 1. The second-order valence-corrected chi connectivity index (χ2v) is 8.18. The van der Waals surface area contributed by atoms with Crippen LogP contribution in [0.15, 0.2) is 45.6 Å². The lowest BCUT2D eigenvalue weighted by molar-refractivity contribution is 0.792. The first-order valence-corrected chi connectivity index (χ1v) is 10.2. The Hall–Kier alpha value is -1.000. The van der Waals surface area contributed by atoms with Crippen LogP contribution in [-0.2, 0) is 6.54 Å². The molecule has 0 aliphatic rings. The number of guanidine groups is 1. The topological polar surface area (TPSA) is 52.6 Å². The predicted octanol–water partition coefficient (Wildman–Crippen LogP) is 4.06. The molecule has 8 heteroatoms. The van der Waals surface area contributed by atoms with Gasteiger partial charge in [-0.3, -0.25) is 0 Å². The standard InChI is InChI=1S/C18H27N5S2.HI/c1-5-19-17(21-12-15-13-24-18(22-15)23(3)4)20-11-14(2)25-16-9-7-6-8-10-16;/h6-10,13-14H,5,11-12H2,1-4H3,(H2,19,20,21);1H. The number of aromatic nitrogens is 1. The van der Waals surface area contributed by atoms with E-state index in [1.807, 2.05) is 36.8 Å². The predicted molar refractivity (Wildman–Crippen MR) is 126 cm³/mol. The zero-order valence-electron chi connectivity index (χ0n) is 15.7. The number of nitrogens with one attached hydrogen (secondary N) is 2. The number of thiazole rings is 1. The van der Waals surface area contributed by atoms with Gasteiger partial charge in [-0.2, -0.15) is 0 Å². The van der Waals surface area contributed by atoms with Gasteiger partial charge >= 0.3 is 0 Å². The van der Waals surface area contributed by atoms with Crippen LogP contribution in [0.5, 0.6) is 0 Å². The highest BCUT2D eigenvalue weighted by molar-refractivity contribution is 14.0. The largest absolute Gasteiger partial charge is 0.357 e. The minimum absolute atomic E-state index is 0. The third-order valence-electron chi connectivity index (χ3n) is 3.30. The molecular weight excluding hydrogens is 477 g/mol. The van der Waals surface area contributed by atoms with Crippen molar-refractivity contribution in [2.75, 3.05) is 32.1 Å². The summed E-state index contributed by atoms with van der Waals surface area (Å²) in [5, 5.41) is 10.2. The normalized spacial score (nSPS) is 12.2. The molecular formula is C18H28IN5S2. The molecule has 144 valence electrons. The Morgan fingerprint density at radius 2 is 2.00 bits per heavy atom. The Morgan fingerprint density at radius 3 is 2.62 bits per heavy atom. The van der Waals surface area contributed by atoms with E-state index in [4.69, 9.17) is 0 Å². The Bertz CT molecular complexity index is 661. The van der Waals surface area contributed by atoms with Gasteiger partial charge in [0.1, 0.15) is 0 Å². The molecule has 0 radical (unpaired) electrons.